The molecule has 2 aromatic rings. The zero-order chi connectivity index (χ0) is 13.2. The Balaban J connectivity index is 1.69. The summed E-state index contributed by atoms with van der Waals surface area (Å²) in [5, 5.41) is 10.6. The van der Waals surface area contributed by atoms with E-state index in [1.165, 1.54) is 11.5 Å². The number of hydrogen-bond acceptors (Lipinski definition) is 6. The summed E-state index contributed by atoms with van der Waals surface area (Å²) in [5.74, 6) is 0.497. The minimum absolute atomic E-state index is 0.134. The van der Waals surface area contributed by atoms with E-state index in [0.717, 1.165) is 23.5 Å². The van der Waals surface area contributed by atoms with E-state index in [9.17, 15) is 4.79 Å². The fourth-order valence-electron chi connectivity index (χ4n) is 1.74. The van der Waals surface area contributed by atoms with Gasteiger partial charge in [0.15, 0.2) is 5.76 Å². The van der Waals surface area contributed by atoms with Gasteiger partial charge in [-0.2, -0.15) is 4.37 Å². The van der Waals surface area contributed by atoms with Gasteiger partial charge in [-0.25, -0.2) is 0 Å². The second-order valence-electron chi connectivity index (χ2n) is 4.55. The van der Waals surface area contributed by atoms with Gasteiger partial charge in [-0.05, 0) is 31.3 Å². The summed E-state index contributed by atoms with van der Waals surface area (Å²) >= 11 is 1.34. The molecule has 0 aromatic carbocycles. The second-order valence-corrected chi connectivity index (χ2v) is 5.33. The number of anilines is 1. The molecule has 6 nitrogen and oxygen atoms in total. The van der Waals surface area contributed by atoms with Gasteiger partial charge in [0.05, 0.1) is 24.0 Å². The molecule has 2 N–H and O–H groups in total. The molecule has 2 heterocycles. The van der Waals surface area contributed by atoms with Crippen LogP contribution in [0.25, 0.3) is 0 Å². The van der Waals surface area contributed by atoms with Crippen LogP contribution in [0.4, 0.5) is 5.00 Å². The Labute approximate surface area is 114 Å². The van der Waals surface area contributed by atoms with E-state index in [1.807, 2.05) is 6.92 Å². The summed E-state index contributed by atoms with van der Waals surface area (Å²) < 4.78 is 9.19. The Morgan fingerprint density at radius 1 is 1.58 bits per heavy atom. The van der Waals surface area contributed by atoms with Crippen LogP contribution in [-0.2, 0) is 6.54 Å². The van der Waals surface area contributed by atoms with E-state index in [4.69, 9.17) is 4.52 Å². The van der Waals surface area contributed by atoms with Gasteiger partial charge in [-0.3, -0.25) is 4.79 Å². The smallest absolute Gasteiger partial charge is 0.256 e. The molecule has 19 heavy (non-hydrogen) atoms. The van der Waals surface area contributed by atoms with Gasteiger partial charge in [0.25, 0.3) is 5.91 Å². The number of amides is 1. The lowest BCUT2D eigenvalue weighted by atomic mass is 10.2. The molecular formula is C12H14N4O2S. The number of carbonyl (C=O) groups is 1. The highest BCUT2D eigenvalue weighted by atomic mass is 32.1. The summed E-state index contributed by atoms with van der Waals surface area (Å²) in [4.78, 5) is 12.2. The molecule has 7 heteroatoms. The minimum atomic E-state index is -0.134. The van der Waals surface area contributed by atoms with Crippen LogP contribution < -0.4 is 10.6 Å². The van der Waals surface area contributed by atoms with Crippen molar-refractivity contribution >= 4 is 22.4 Å². The Hall–Kier alpha value is -1.89. The molecule has 1 aliphatic rings. The highest BCUT2D eigenvalue weighted by Gasteiger charge is 2.26. The van der Waals surface area contributed by atoms with Gasteiger partial charge in [-0.15, -0.1) is 0 Å². The molecule has 2 aromatic heterocycles. The lowest BCUT2D eigenvalue weighted by molar-refractivity contribution is 0.0947. The number of aromatic nitrogens is 2. The van der Waals surface area contributed by atoms with Crippen LogP contribution >= 0.6 is 11.5 Å². The maximum Gasteiger partial charge on any atom is 0.256 e. The maximum atomic E-state index is 12.2. The lowest BCUT2D eigenvalue weighted by Gasteiger charge is -2.06. The number of carbonyl (C=O) groups excluding carboxylic acids is 1. The van der Waals surface area contributed by atoms with Crippen LogP contribution in [0.5, 0.6) is 0 Å². The predicted molar refractivity (Wildman–Crippen MR) is 71.2 cm³/mol. The fourth-order valence-corrected chi connectivity index (χ4v) is 2.61. The summed E-state index contributed by atoms with van der Waals surface area (Å²) in [6, 6.07) is 2.23. The highest BCUT2D eigenvalue weighted by molar-refractivity contribution is 7.10. The number of hydrogen-bond donors (Lipinski definition) is 2. The molecular weight excluding hydrogens is 264 g/mol. The van der Waals surface area contributed by atoms with E-state index in [0.29, 0.717) is 23.9 Å². The third-order valence-corrected chi connectivity index (χ3v) is 3.79. The van der Waals surface area contributed by atoms with Gasteiger partial charge in [0.1, 0.15) is 5.00 Å². The molecule has 1 amide bonds. The van der Waals surface area contributed by atoms with Crippen LogP contribution in [-0.4, -0.2) is 21.5 Å². The second kappa shape index (κ2) is 5.00. The average molecular weight is 278 g/mol. The van der Waals surface area contributed by atoms with Crippen molar-refractivity contribution in [2.45, 2.75) is 32.4 Å². The quantitative estimate of drug-likeness (QED) is 0.873. The molecule has 0 saturated heterocycles. The third kappa shape index (κ3) is 2.76. The van der Waals surface area contributed by atoms with Crippen molar-refractivity contribution in [3.8, 4) is 0 Å². The molecule has 0 aliphatic heterocycles. The normalized spacial score (nSPS) is 14.4. The van der Waals surface area contributed by atoms with E-state index in [2.05, 4.69) is 20.2 Å². The molecule has 0 unspecified atom stereocenters. The number of rotatable bonds is 5. The van der Waals surface area contributed by atoms with Gasteiger partial charge >= 0.3 is 0 Å². The first-order valence-electron chi connectivity index (χ1n) is 6.14. The maximum absolute atomic E-state index is 12.2. The predicted octanol–water partition coefficient (Wildman–Crippen LogP) is 1.94. The van der Waals surface area contributed by atoms with Crippen molar-refractivity contribution in [2.24, 2.45) is 0 Å². The van der Waals surface area contributed by atoms with Crippen molar-refractivity contribution in [3.05, 3.63) is 29.3 Å². The van der Waals surface area contributed by atoms with E-state index >= 15 is 0 Å². The van der Waals surface area contributed by atoms with Crippen molar-refractivity contribution in [1.29, 1.82) is 0 Å². The Morgan fingerprint density at radius 3 is 3.11 bits per heavy atom. The molecule has 100 valence electrons. The van der Waals surface area contributed by atoms with Crippen LogP contribution in [0.1, 0.15) is 34.7 Å². The molecule has 0 spiro atoms. The molecule has 1 aliphatic carbocycles. The average Bonchev–Trinajstić information content (AvgIpc) is 2.91. The molecule has 0 radical (unpaired) electrons. The third-order valence-electron chi connectivity index (χ3n) is 2.92. The van der Waals surface area contributed by atoms with E-state index in [-0.39, 0.29) is 5.91 Å². The topological polar surface area (TPSA) is 80.0 Å². The first kappa shape index (κ1) is 12.2. The Bertz CT molecular complexity index is 575. The number of nitrogens with one attached hydrogen (secondary N) is 2. The molecule has 1 saturated carbocycles. The zero-order valence-electron chi connectivity index (χ0n) is 10.5. The van der Waals surface area contributed by atoms with Gasteiger partial charge in [0.2, 0.25) is 0 Å². The Kier molecular flexibility index (Phi) is 3.20. The van der Waals surface area contributed by atoms with Crippen molar-refractivity contribution in [3.63, 3.8) is 0 Å². The van der Waals surface area contributed by atoms with Crippen LogP contribution in [0.3, 0.4) is 0 Å². The summed E-state index contributed by atoms with van der Waals surface area (Å²) in [6.07, 6.45) is 3.88. The van der Waals surface area contributed by atoms with Crippen molar-refractivity contribution < 1.29 is 9.32 Å². The molecule has 1 fully saturated rings. The fraction of sp³-hybridized carbons (Fsp3) is 0.417. The Morgan fingerprint density at radius 2 is 2.42 bits per heavy atom. The SMILES string of the molecule is Cc1nsc(NC2CC2)c1C(=O)NCc1ccno1. The van der Waals surface area contributed by atoms with Crippen LogP contribution in [0.2, 0.25) is 0 Å². The lowest BCUT2D eigenvalue weighted by Crippen LogP contribution is -2.24. The van der Waals surface area contributed by atoms with Crippen molar-refractivity contribution in [2.75, 3.05) is 5.32 Å². The largest absolute Gasteiger partial charge is 0.372 e. The van der Waals surface area contributed by atoms with Gasteiger partial charge < -0.3 is 15.2 Å². The van der Waals surface area contributed by atoms with E-state index < -0.39 is 0 Å². The van der Waals surface area contributed by atoms with E-state index in [1.54, 1.807) is 12.3 Å². The summed E-state index contributed by atoms with van der Waals surface area (Å²) in [6.45, 7) is 2.18. The molecule has 3 rings (SSSR count). The molecule has 0 bridgehead atoms. The van der Waals surface area contributed by atoms with Gasteiger partial charge in [-0.1, -0.05) is 5.16 Å². The monoisotopic (exact) mass is 278 g/mol. The van der Waals surface area contributed by atoms with Crippen LogP contribution in [0, 0.1) is 6.92 Å². The van der Waals surface area contributed by atoms with Gasteiger partial charge in [0, 0.05) is 12.1 Å². The standard InChI is InChI=1S/C12H14N4O2S/c1-7-10(12(19-16-7)15-8-2-3-8)11(17)13-6-9-4-5-14-18-9/h4-5,8,15H,2-3,6H2,1H3,(H,13,17). The summed E-state index contributed by atoms with van der Waals surface area (Å²) in [7, 11) is 0. The number of nitrogens with zero attached hydrogens (tertiary/aromatic N) is 2. The van der Waals surface area contributed by atoms with Crippen molar-refractivity contribution in [1.82, 2.24) is 14.8 Å². The summed E-state index contributed by atoms with van der Waals surface area (Å²) in [5.41, 5.74) is 1.39. The first-order valence-corrected chi connectivity index (χ1v) is 6.92. The minimum Gasteiger partial charge on any atom is -0.372 e. The molecule has 0 atom stereocenters. The van der Waals surface area contributed by atoms with Crippen LogP contribution in [0.15, 0.2) is 16.8 Å². The number of aryl methyl sites for hydroxylation is 1. The highest BCUT2D eigenvalue weighted by Crippen LogP contribution is 2.31. The zero-order valence-corrected chi connectivity index (χ0v) is 11.3. The first-order chi connectivity index (χ1) is 9.24.